The summed E-state index contributed by atoms with van der Waals surface area (Å²) in [4.78, 5) is 54.2. The fourth-order valence-electron chi connectivity index (χ4n) is 3.14. The first-order valence-electron chi connectivity index (χ1n) is 9.95. The average Bonchev–Trinajstić information content (AvgIpc) is 3.12. The summed E-state index contributed by atoms with van der Waals surface area (Å²) in [5.41, 5.74) is 2.40. The highest BCUT2D eigenvalue weighted by Crippen LogP contribution is 2.33. The van der Waals surface area contributed by atoms with E-state index in [2.05, 4.69) is 20.5 Å². The Bertz CT molecular complexity index is 1390. The molecule has 0 aliphatic heterocycles. The van der Waals surface area contributed by atoms with Crippen molar-refractivity contribution < 1.29 is 23.9 Å². The minimum atomic E-state index is -1.12. The summed E-state index contributed by atoms with van der Waals surface area (Å²) in [6.45, 7) is 2.64. The summed E-state index contributed by atoms with van der Waals surface area (Å²) in [5.74, 6) is -2.30. The number of carbonyl (C=O) groups excluding carboxylic acids is 4. The van der Waals surface area contributed by atoms with Gasteiger partial charge in [-0.3, -0.25) is 24.4 Å². The molecule has 2 heterocycles. The van der Waals surface area contributed by atoms with Gasteiger partial charge in [0.2, 0.25) is 5.91 Å². The number of nitrogens with one attached hydrogen (secondary N) is 2. The first kappa shape index (κ1) is 27.3. The lowest BCUT2D eigenvalue weighted by molar-refractivity contribution is -0.129. The third-order valence-electron chi connectivity index (χ3n) is 4.75. The molecule has 0 radical (unpaired) electrons. The lowest BCUT2D eigenvalue weighted by atomic mass is 10.1. The van der Waals surface area contributed by atoms with Crippen LogP contribution in [-0.4, -0.2) is 45.5 Å². The number of rotatable bonds is 4. The van der Waals surface area contributed by atoms with Crippen molar-refractivity contribution >= 4 is 75.9 Å². The van der Waals surface area contributed by atoms with E-state index in [0.717, 1.165) is 14.0 Å². The molecule has 2 N–H and O–H groups in total. The average molecular weight is 573 g/mol. The van der Waals surface area contributed by atoms with Gasteiger partial charge in [-0.1, -0.05) is 46.4 Å². The van der Waals surface area contributed by atoms with Gasteiger partial charge in [0.25, 0.3) is 11.8 Å². The highest BCUT2D eigenvalue weighted by Gasteiger charge is 2.27. The van der Waals surface area contributed by atoms with E-state index >= 15 is 0 Å². The number of methoxy groups -OCH3 is 1. The van der Waals surface area contributed by atoms with E-state index < -0.39 is 23.8 Å². The molecule has 3 aromatic rings. The molecule has 14 heteroatoms. The van der Waals surface area contributed by atoms with Gasteiger partial charge in [-0.25, -0.2) is 9.78 Å². The van der Waals surface area contributed by atoms with Gasteiger partial charge in [0, 0.05) is 18.1 Å². The third-order valence-corrected chi connectivity index (χ3v) is 6.02. The summed E-state index contributed by atoms with van der Waals surface area (Å²) < 4.78 is 5.75. The third kappa shape index (κ3) is 5.57. The maximum absolute atomic E-state index is 13.4. The Balaban J connectivity index is 2.04. The van der Waals surface area contributed by atoms with Crippen molar-refractivity contribution in [3.8, 4) is 5.82 Å². The molecule has 0 spiro atoms. The highest BCUT2D eigenvalue weighted by atomic mass is 35.5. The molecule has 36 heavy (non-hydrogen) atoms. The molecule has 0 bridgehead atoms. The zero-order chi connectivity index (χ0) is 26.7. The van der Waals surface area contributed by atoms with Crippen LogP contribution in [-0.2, 0) is 9.53 Å². The molecule has 10 nitrogen and oxygen atoms in total. The maximum Gasteiger partial charge on any atom is 0.435 e. The smallest absolute Gasteiger partial charge is 0.435 e. The van der Waals surface area contributed by atoms with Gasteiger partial charge < -0.3 is 10.1 Å². The summed E-state index contributed by atoms with van der Waals surface area (Å²) in [6, 6.07) is 7.23. The first-order valence-corrected chi connectivity index (χ1v) is 11.5. The van der Waals surface area contributed by atoms with Crippen molar-refractivity contribution in [1.29, 1.82) is 0 Å². The van der Waals surface area contributed by atoms with Gasteiger partial charge in [0.05, 0.1) is 28.4 Å². The van der Waals surface area contributed by atoms with Crippen LogP contribution in [0.15, 0.2) is 36.5 Å². The van der Waals surface area contributed by atoms with Crippen LogP contribution in [0, 0.1) is 6.92 Å². The molecule has 4 amide bonds. The van der Waals surface area contributed by atoms with Crippen LogP contribution in [0.3, 0.4) is 0 Å². The molecule has 3 rings (SSSR count). The Kier molecular flexibility index (Phi) is 8.47. The molecule has 1 aromatic carbocycles. The highest BCUT2D eigenvalue weighted by molar-refractivity contribution is 6.42. The zero-order valence-corrected chi connectivity index (χ0v) is 21.9. The Morgan fingerprint density at radius 1 is 1.03 bits per heavy atom. The number of anilines is 1. The van der Waals surface area contributed by atoms with Crippen molar-refractivity contribution in [2.45, 2.75) is 13.8 Å². The summed E-state index contributed by atoms with van der Waals surface area (Å²) in [7, 11) is 1.04. The van der Waals surface area contributed by atoms with Crippen molar-refractivity contribution in [1.82, 2.24) is 20.0 Å². The van der Waals surface area contributed by atoms with E-state index in [0.29, 0.717) is 10.6 Å². The van der Waals surface area contributed by atoms with Crippen molar-refractivity contribution in [3.63, 3.8) is 0 Å². The number of aryl methyl sites for hydroxylation is 1. The van der Waals surface area contributed by atoms with Crippen LogP contribution in [0.2, 0.25) is 20.2 Å². The van der Waals surface area contributed by atoms with Crippen molar-refractivity contribution in [3.05, 3.63) is 73.6 Å². The number of pyridine rings is 1. The number of aromatic nitrogens is 2. The Morgan fingerprint density at radius 2 is 1.72 bits per heavy atom. The van der Waals surface area contributed by atoms with Gasteiger partial charge in [-0.15, -0.1) is 0 Å². The van der Waals surface area contributed by atoms with Gasteiger partial charge in [-0.2, -0.15) is 5.01 Å². The number of carbonyl (C=O) groups is 4. The first-order chi connectivity index (χ1) is 17.0. The number of benzene rings is 1. The molecule has 188 valence electrons. The van der Waals surface area contributed by atoms with Crippen LogP contribution < -0.4 is 10.7 Å². The molecule has 2 aromatic heterocycles. The van der Waals surface area contributed by atoms with Crippen LogP contribution in [0.4, 0.5) is 10.5 Å². The number of halogens is 4. The topological polar surface area (TPSA) is 123 Å². The predicted octanol–water partition coefficient (Wildman–Crippen LogP) is 5.31. The lowest BCUT2D eigenvalue weighted by Crippen LogP contribution is -2.49. The van der Waals surface area contributed by atoms with Crippen LogP contribution >= 0.6 is 46.4 Å². The van der Waals surface area contributed by atoms with Gasteiger partial charge in [0.1, 0.15) is 10.8 Å². The van der Waals surface area contributed by atoms with Crippen LogP contribution in [0.1, 0.15) is 33.3 Å². The number of nitrogens with zero attached hydrogens (tertiary/aromatic N) is 3. The minimum absolute atomic E-state index is 0.0108. The lowest BCUT2D eigenvalue weighted by Gasteiger charge is -2.20. The van der Waals surface area contributed by atoms with Gasteiger partial charge >= 0.3 is 6.09 Å². The van der Waals surface area contributed by atoms with Crippen LogP contribution in [0.25, 0.3) is 5.82 Å². The van der Waals surface area contributed by atoms with E-state index in [4.69, 9.17) is 46.4 Å². The molecule has 0 aliphatic rings. The number of hydrogen-bond donors (Lipinski definition) is 2. The molecule has 0 fully saturated rings. The fourth-order valence-corrected chi connectivity index (χ4v) is 4.04. The molecule has 0 atom stereocenters. The molecular weight excluding hydrogens is 556 g/mol. The van der Waals surface area contributed by atoms with E-state index in [9.17, 15) is 19.2 Å². The summed E-state index contributed by atoms with van der Waals surface area (Å²) in [6.07, 6.45) is 0.343. The van der Waals surface area contributed by atoms with Crippen LogP contribution in [0.5, 0.6) is 0 Å². The summed E-state index contributed by atoms with van der Waals surface area (Å²) >= 11 is 24.9. The Morgan fingerprint density at radius 3 is 2.33 bits per heavy atom. The second-order valence-electron chi connectivity index (χ2n) is 7.18. The fraction of sp³-hybridized carbons (Fsp3) is 0.136. The predicted molar refractivity (Wildman–Crippen MR) is 135 cm³/mol. The number of hydrazine groups is 1. The Hall–Kier alpha value is -3.31. The minimum Gasteiger partial charge on any atom is -0.451 e. The second-order valence-corrected chi connectivity index (χ2v) is 8.79. The SMILES string of the molecule is COC(=O)N(NC(=O)c1cc(Cl)cc(C)c1NC(=O)c1cc(Cl)c(Cl)n1-c1ncccc1Cl)C(C)=O. The standard InChI is InChI=1S/C22H17Cl4N5O5/c1-10-7-12(23)8-13(20(33)29-31(11(2)32)22(35)36-3)17(10)28-21(34)16-9-15(25)18(26)30(16)19-14(24)5-4-6-27-19/h4-9H,1-3H3,(H,28,34)(H,29,33). The molecule has 0 unspecified atom stereocenters. The zero-order valence-electron chi connectivity index (χ0n) is 18.9. The molecule has 0 saturated carbocycles. The van der Waals surface area contributed by atoms with E-state index in [1.807, 2.05) is 0 Å². The van der Waals surface area contributed by atoms with Gasteiger partial charge in [-0.05, 0) is 42.8 Å². The molecule has 0 saturated heterocycles. The van der Waals surface area contributed by atoms with Gasteiger partial charge in [0.15, 0.2) is 5.82 Å². The number of hydrogen-bond acceptors (Lipinski definition) is 6. The molecule has 0 aliphatic carbocycles. The largest absolute Gasteiger partial charge is 0.451 e. The number of imide groups is 1. The summed E-state index contributed by atoms with van der Waals surface area (Å²) in [5, 5.41) is 3.42. The van der Waals surface area contributed by atoms with E-state index in [1.165, 1.54) is 29.0 Å². The van der Waals surface area contributed by atoms with Crippen molar-refractivity contribution in [2.75, 3.05) is 12.4 Å². The van der Waals surface area contributed by atoms with E-state index in [1.54, 1.807) is 19.1 Å². The Labute approximate surface area is 225 Å². The maximum atomic E-state index is 13.4. The second kappa shape index (κ2) is 11.2. The monoisotopic (exact) mass is 571 g/mol. The normalized spacial score (nSPS) is 10.5. The van der Waals surface area contributed by atoms with Crippen molar-refractivity contribution in [2.24, 2.45) is 0 Å². The van der Waals surface area contributed by atoms with E-state index in [-0.39, 0.29) is 43.0 Å². The quantitative estimate of drug-likeness (QED) is 0.409. The molecular formula is C22H17Cl4N5O5. The number of ether oxygens (including phenoxy) is 1. The number of amides is 4.